The molecule has 2 aromatic carbocycles. The van der Waals surface area contributed by atoms with Crippen molar-refractivity contribution in [3.8, 4) is 5.75 Å². The number of carbonyl (C=O) groups excluding carboxylic acids is 1. The van der Waals surface area contributed by atoms with Crippen LogP contribution >= 0.6 is 0 Å². The largest absolute Gasteiger partial charge is 0.491 e. The van der Waals surface area contributed by atoms with Crippen LogP contribution in [0.2, 0.25) is 0 Å². The molecule has 2 aromatic rings. The summed E-state index contributed by atoms with van der Waals surface area (Å²) >= 11 is 0. The van der Waals surface area contributed by atoms with Crippen molar-refractivity contribution in [3.05, 3.63) is 64.5 Å². The first kappa shape index (κ1) is 19.2. The lowest BCUT2D eigenvalue weighted by molar-refractivity contribution is -0.384. The first-order valence-corrected chi connectivity index (χ1v) is 8.18. The molecule has 0 atom stereocenters. The molecule has 0 unspecified atom stereocenters. The van der Waals surface area contributed by atoms with Gasteiger partial charge in [0.25, 0.3) is 5.69 Å². The molecule has 7 nitrogen and oxygen atoms in total. The Balaban J connectivity index is 1.56. The van der Waals surface area contributed by atoms with Crippen LogP contribution in [-0.4, -0.2) is 30.5 Å². The van der Waals surface area contributed by atoms with E-state index in [9.17, 15) is 19.3 Å². The Morgan fingerprint density at radius 1 is 1.12 bits per heavy atom. The number of hydrogen-bond acceptors (Lipinski definition) is 5. The van der Waals surface area contributed by atoms with Crippen molar-refractivity contribution in [2.24, 2.45) is 0 Å². The minimum Gasteiger partial charge on any atom is -0.491 e. The Morgan fingerprint density at radius 2 is 1.85 bits per heavy atom. The van der Waals surface area contributed by atoms with Crippen LogP contribution in [-0.2, 0) is 4.79 Å². The van der Waals surface area contributed by atoms with Gasteiger partial charge in [0, 0.05) is 37.3 Å². The van der Waals surface area contributed by atoms with Crippen molar-refractivity contribution in [1.29, 1.82) is 0 Å². The van der Waals surface area contributed by atoms with Gasteiger partial charge in [0.15, 0.2) is 11.6 Å². The van der Waals surface area contributed by atoms with E-state index in [4.69, 9.17) is 4.74 Å². The fraction of sp³-hybridized carbons (Fsp3) is 0.278. The van der Waals surface area contributed by atoms with Crippen molar-refractivity contribution < 1.29 is 18.8 Å². The number of amides is 1. The zero-order valence-electron chi connectivity index (χ0n) is 14.1. The molecule has 0 radical (unpaired) electrons. The van der Waals surface area contributed by atoms with Gasteiger partial charge in [-0.3, -0.25) is 14.9 Å². The van der Waals surface area contributed by atoms with E-state index in [1.807, 2.05) is 0 Å². The quantitative estimate of drug-likeness (QED) is 0.385. The number of rotatable bonds is 10. The second kappa shape index (κ2) is 9.97. The standard InChI is InChI=1S/C18H20FN3O4/c19-16-4-1-2-5-17(16)26-13-3-6-18(23)21-12-11-20-14-7-9-15(10-8-14)22(24)25/h1-2,4-5,7-10,20H,3,6,11-13H2,(H,21,23). The lowest BCUT2D eigenvalue weighted by Gasteiger charge is -2.09. The van der Waals surface area contributed by atoms with Crippen LogP contribution in [0, 0.1) is 15.9 Å². The normalized spacial score (nSPS) is 10.2. The topological polar surface area (TPSA) is 93.5 Å². The van der Waals surface area contributed by atoms with Gasteiger partial charge >= 0.3 is 0 Å². The Kier molecular flexibility index (Phi) is 7.35. The third-order valence-electron chi connectivity index (χ3n) is 3.50. The number of para-hydroxylation sites is 1. The summed E-state index contributed by atoms with van der Waals surface area (Å²) in [5.41, 5.74) is 0.768. The van der Waals surface area contributed by atoms with Crippen molar-refractivity contribution in [3.63, 3.8) is 0 Å². The monoisotopic (exact) mass is 361 g/mol. The van der Waals surface area contributed by atoms with Gasteiger partial charge in [0.2, 0.25) is 5.91 Å². The molecule has 0 saturated carbocycles. The third kappa shape index (κ3) is 6.39. The number of carbonyl (C=O) groups is 1. The van der Waals surface area contributed by atoms with Crippen LogP contribution in [0.1, 0.15) is 12.8 Å². The smallest absolute Gasteiger partial charge is 0.269 e. The molecule has 0 heterocycles. The second-order valence-corrected chi connectivity index (χ2v) is 5.46. The van der Waals surface area contributed by atoms with Gasteiger partial charge in [-0.1, -0.05) is 12.1 Å². The van der Waals surface area contributed by atoms with E-state index in [-0.39, 0.29) is 30.4 Å². The molecule has 0 aliphatic heterocycles. The summed E-state index contributed by atoms with van der Waals surface area (Å²) in [7, 11) is 0. The molecule has 26 heavy (non-hydrogen) atoms. The number of anilines is 1. The molecule has 0 aliphatic carbocycles. The number of nitrogens with one attached hydrogen (secondary N) is 2. The molecule has 0 fully saturated rings. The van der Waals surface area contributed by atoms with Crippen LogP contribution in [0.5, 0.6) is 5.75 Å². The molecule has 0 spiro atoms. The van der Waals surface area contributed by atoms with Crippen LogP contribution < -0.4 is 15.4 Å². The van der Waals surface area contributed by atoms with E-state index >= 15 is 0 Å². The third-order valence-corrected chi connectivity index (χ3v) is 3.50. The Labute approximate surface area is 150 Å². The molecular formula is C18H20FN3O4. The molecule has 0 saturated heterocycles. The van der Waals surface area contributed by atoms with Gasteiger partial charge in [-0.2, -0.15) is 0 Å². The molecule has 1 amide bonds. The summed E-state index contributed by atoms with van der Waals surface area (Å²) < 4.78 is 18.6. The summed E-state index contributed by atoms with van der Waals surface area (Å²) in [6, 6.07) is 12.2. The minimum absolute atomic E-state index is 0.0291. The van der Waals surface area contributed by atoms with E-state index < -0.39 is 10.7 Å². The van der Waals surface area contributed by atoms with Crippen molar-refractivity contribution in [1.82, 2.24) is 5.32 Å². The van der Waals surface area contributed by atoms with Crippen LogP contribution in [0.25, 0.3) is 0 Å². The van der Waals surface area contributed by atoms with Gasteiger partial charge < -0.3 is 15.4 Å². The van der Waals surface area contributed by atoms with Crippen molar-refractivity contribution >= 4 is 17.3 Å². The predicted octanol–water partition coefficient (Wildman–Crippen LogP) is 3.12. The van der Waals surface area contributed by atoms with Gasteiger partial charge in [0.05, 0.1) is 11.5 Å². The van der Waals surface area contributed by atoms with E-state index in [0.29, 0.717) is 19.5 Å². The number of benzene rings is 2. The fourth-order valence-electron chi connectivity index (χ4n) is 2.17. The lowest BCUT2D eigenvalue weighted by atomic mass is 10.3. The highest BCUT2D eigenvalue weighted by Crippen LogP contribution is 2.16. The molecule has 0 bridgehead atoms. The van der Waals surface area contributed by atoms with Crippen LogP contribution in [0.15, 0.2) is 48.5 Å². The number of ether oxygens (including phenoxy) is 1. The number of hydrogen-bond donors (Lipinski definition) is 2. The Morgan fingerprint density at radius 3 is 2.54 bits per heavy atom. The summed E-state index contributed by atoms with van der Waals surface area (Å²) in [6.45, 7) is 1.18. The average molecular weight is 361 g/mol. The van der Waals surface area contributed by atoms with Gasteiger partial charge in [0.1, 0.15) is 0 Å². The van der Waals surface area contributed by atoms with Gasteiger partial charge in [-0.25, -0.2) is 4.39 Å². The highest BCUT2D eigenvalue weighted by Gasteiger charge is 2.05. The zero-order chi connectivity index (χ0) is 18.8. The number of halogens is 1. The maximum atomic E-state index is 13.3. The highest BCUT2D eigenvalue weighted by molar-refractivity contribution is 5.75. The number of nitro benzene ring substituents is 1. The highest BCUT2D eigenvalue weighted by atomic mass is 19.1. The number of nitrogens with zero attached hydrogens (tertiary/aromatic N) is 1. The number of nitro groups is 1. The number of non-ortho nitro benzene ring substituents is 1. The first-order chi connectivity index (χ1) is 12.6. The molecule has 2 rings (SSSR count). The van der Waals surface area contributed by atoms with Crippen molar-refractivity contribution in [2.45, 2.75) is 12.8 Å². The van der Waals surface area contributed by atoms with Crippen LogP contribution in [0.3, 0.4) is 0 Å². The fourth-order valence-corrected chi connectivity index (χ4v) is 2.17. The molecule has 0 aromatic heterocycles. The maximum absolute atomic E-state index is 13.3. The SMILES string of the molecule is O=C(CCCOc1ccccc1F)NCCNc1ccc([N+](=O)[O-])cc1. The van der Waals surface area contributed by atoms with E-state index in [0.717, 1.165) is 5.69 Å². The summed E-state index contributed by atoms with van der Waals surface area (Å²) in [5, 5.41) is 16.4. The molecule has 138 valence electrons. The molecule has 8 heteroatoms. The minimum atomic E-state index is -0.458. The van der Waals surface area contributed by atoms with E-state index in [1.165, 1.54) is 18.2 Å². The van der Waals surface area contributed by atoms with Crippen LogP contribution in [0.4, 0.5) is 15.8 Å². The maximum Gasteiger partial charge on any atom is 0.269 e. The molecule has 2 N–H and O–H groups in total. The zero-order valence-corrected chi connectivity index (χ0v) is 14.1. The predicted molar refractivity (Wildman–Crippen MR) is 95.7 cm³/mol. The molecule has 0 aliphatic rings. The average Bonchev–Trinajstić information content (AvgIpc) is 2.64. The van der Waals surface area contributed by atoms with E-state index in [1.54, 1.807) is 30.3 Å². The Bertz CT molecular complexity index is 737. The summed E-state index contributed by atoms with van der Waals surface area (Å²) in [6.07, 6.45) is 0.766. The summed E-state index contributed by atoms with van der Waals surface area (Å²) in [4.78, 5) is 21.8. The first-order valence-electron chi connectivity index (χ1n) is 8.18. The summed E-state index contributed by atoms with van der Waals surface area (Å²) in [5.74, 6) is -0.359. The van der Waals surface area contributed by atoms with Gasteiger partial charge in [-0.15, -0.1) is 0 Å². The lowest BCUT2D eigenvalue weighted by Crippen LogP contribution is -2.28. The molecular weight excluding hydrogens is 341 g/mol. The second-order valence-electron chi connectivity index (χ2n) is 5.46. The van der Waals surface area contributed by atoms with E-state index in [2.05, 4.69) is 10.6 Å². The van der Waals surface area contributed by atoms with Crippen molar-refractivity contribution in [2.75, 3.05) is 25.0 Å². The van der Waals surface area contributed by atoms with Gasteiger partial charge in [-0.05, 0) is 30.7 Å². The Hall–Kier alpha value is -3.16.